The quantitative estimate of drug-likeness (QED) is 0.753. The molecule has 2 fully saturated rings. The zero-order valence-electron chi connectivity index (χ0n) is 19.5. The molecule has 5 heteroatoms. The lowest BCUT2D eigenvalue weighted by Gasteiger charge is -2.59. The van der Waals surface area contributed by atoms with Gasteiger partial charge in [0.15, 0.2) is 0 Å². The summed E-state index contributed by atoms with van der Waals surface area (Å²) in [6.07, 6.45) is 8.83. The summed E-state index contributed by atoms with van der Waals surface area (Å²) in [6, 6.07) is 9.47. The van der Waals surface area contributed by atoms with Crippen LogP contribution in [0.25, 0.3) is 0 Å². The number of anilines is 1. The van der Waals surface area contributed by atoms with Crippen LogP contribution in [0.15, 0.2) is 24.3 Å². The fraction of sp³-hybridized carbons (Fsp3) is 0.615. The highest BCUT2D eigenvalue weighted by molar-refractivity contribution is 5.48. The number of hydrogen-bond acceptors (Lipinski definition) is 5. The van der Waals surface area contributed by atoms with Gasteiger partial charge < -0.3 is 15.0 Å². The van der Waals surface area contributed by atoms with Gasteiger partial charge in [-0.1, -0.05) is 12.5 Å². The van der Waals surface area contributed by atoms with Gasteiger partial charge in [-0.05, 0) is 93.7 Å². The summed E-state index contributed by atoms with van der Waals surface area (Å²) in [5.41, 5.74) is 5.87. The molecule has 1 aromatic carbocycles. The van der Waals surface area contributed by atoms with Crippen molar-refractivity contribution in [3.63, 3.8) is 0 Å². The van der Waals surface area contributed by atoms with Crippen LogP contribution < -0.4 is 15.0 Å². The molecule has 3 unspecified atom stereocenters. The van der Waals surface area contributed by atoms with Crippen LogP contribution in [0, 0.1) is 19.3 Å². The SMILES string of the molecule is COc1ccc2c(c1)C13CCCC1(CCCN(C)c1nc(C)cc(C)n1)C(C2)NCC3. The van der Waals surface area contributed by atoms with E-state index in [0.29, 0.717) is 16.9 Å². The van der Waals surface area contributed by atoms with Crippen molar-refractivity contribution in [3.8, 4) is 5.75 Å². The Morgan fingerprint density at radius 3 is 2.71 bits per heavy atom. The van der Waals surface area contributed by atoms with Crippen LogP contribution in [0.2, 0.25) is 0 Å². The van der Waals surface area contributed by atoms with Crippen molar-refractivity contribution in [3.05, 3.63) is 46.8 Å². The molecule has 5 rings (SSSR count). The molecule has 2 aromatic rings. The van der Waals surface area contributed by atoms with Crippen LogP contribution in [0.3, 0.4) is 0 Å². The molecule has 166 valence electrons. The second kappa shape index (κ2) is 7.77. The first-order chi connectivity index (χ1) is 15.0. The van der Waals surface area contributed by atoms with Crippen LogP contribution in [0.5, 0.6) is 5.75 Å². The van der Waals surface area contributed by atoms with Crippen molar-refractivity contribution >= 4 is 5.95 Å². The first-order valence-electron chi connectivity index (χ1n) is 11.9. The third-order valence-electron chi connectivity index (χ3n) is 8.47. The van der Waals surface area contributed by atoms with E-state index in [4.69, 9.17) is 4.74 Å². The zero-order valence-corrected chi connectivity index (χ0v) is 19.5. The van der Waals surface area contributed by atoms with Crippen molar-refractivity contribution in [1.82, 2.24) is 15.3 Å². The van der Waals surface area contributed by atoms with Gasteiger partial charge in [0, 0.05) is 36.4 Å². The zero-order chi connectivity index (χ0) is 21.6. The molecular weight excluding hydrogens is 384 g/mol. The molecule has 0 radical (unpaired) electrons. The minimum atomic E-state index is 0.306. The third-order valence-corrected chi connectivity index (χ3v) is 8.47. The van der Waals surface area contributed by atoms with E-state index in [1.165, 1.54) is 44.1 Å². The molecule has 2 heterocycles. The average Bonchev–Trinajstić information content (AvgIpc) is 3.15. The molecule has 0 amide bonds. The lowest BCUT2D eigenvalue weighted by molar-refractivity contribution is 0.0264. The molecule has 3 aliphatic rings. The van der Waals surface area contributed by atoms with Gasteiger partial charge in [0.05, 0.1) is 7.11 Å². The summed E-state index contributed by atoms with van der Waals surface area (Å²) in [5, 5.41) is 3.94. The van der Waals surface area contributed by atoms with E-state index in [-0.39, 0.29) is 0 Å². The van der Waals surface area contributed by atoms with Crippen molar-refractivity contribution < 1.29 is 4.74 Å². The fourth-order valence-corrected chi connectivity index (χ4v) is 7.21. The standard InChI is InChI=1S/C26H36N4O/c1-18-15-19(2)29-24(28-18)30(3)14-6-11-26-10-5-9-25(26)12-13-27-23(26)16-20-7-8-21(31-4)17-22(20)25/h7-8,15,17,23,27H,5-6,9-14,16H2,1-4H3. The van der Waals surface area contributed by atoms with Crippen LogP contribution in [0.4, 0.5) is 5.95 Å². The van der Waals surface area contributed by atoms with Gasteiger partial charge in [-0.25, -0.2) is 9.97 Å². The fourth-order valence-electron chi connectivity index (χ4n) is 7.21. The minimum absolute atomic E-state index is 0.306. The summed E-state index contributed by atoms with van der Waals surface area (Å²) in [4.78, 5) is 11.6. The number of piperidine rings is 1. The first-order valence-corrected chi connectivity index (χ1v) is 11.9. The summed E-state index contributed by atoms with van der Waals surface area (Å²) >= 11 is 0. The van der Waals surface area contributed by atoms with Crippen LogP contribution in [-0.2, 0) is 11.8 Å². The molecule has 31 heavy (non-hydrogen) atoms. The minimum Gasteiger partial charge on any atom is -0.497 e. The number of hydrogen-bond donors (Lipinski definition) is 1. The smallest absolute Gasteiger partial charge is 0.225 e. The number of aromatic nitrogens is 2. The van der Waals surface area contributed by atoms with Gasteiger partial charge >= 0.3 is 0 Å². The summed E-state index contributed by atoms with van der Waals surface area (Å²) in [5.74, 6) is 1.87. The van der Waals surface area contributed by atoms with E-state index >= 15 is 0 Å². The van der Waals surface area contributed by atoms with E-state index in [2.05, 4.69) is 45.4 Å². The Labute approximate surface area is 186 Å². The highest BCUT2D eigenvalue weighted by Gasteiger charge is 2.62. The lowest BCUT2D eigenvalue weighted by Crippen LogP contribution is -2.63. The number of ether oxygens (including phenoxy) is 1. The molecule has 1 aromatic heterocycles. The Bertz CT molecular complexity index is 956. The molecule has 1 aliphatic heterocycles. The van der Waals surface area contributed by atoms with E-state index in [1.807, 2.05) is 19.9 Å². The maximum absolute atomic E-state index is 5.64. The Balaban J connectivity index is 1.40. The third kappa shape index (κ3) is 3.24. The van der Waals surface area contributed by atoms with Gasteiger partial charge in [-0.15, -0.1) is 0 Å². The maximum atomic E-state index is 5.64. The molecule has 1 saturated carbocycles. The highest BCUT2D eigenvalue weighted by atomic mass is 16.5. The predicted molar refractivity (Wildman–Crippen MR) is 125 cm³/mol. The highest BCUT2D eigenvalue weighted by Crippen LogP contribution is 2.65. The second-order valence-electron chi connectivity index (χ2n) is 10.1. The number of fused-ring (bicyclic) bond motifs is 1. The van der Waals surface area contributed by atoms with Gasteiger partial charge in [0.2, 0.25) is 5.95 Å². The first kappa shape index (κ1) is 20.7. The normalized spacial score (nSPS) is 28.7. The molecule has 2 aliphatic carbocycles. The van der Waals surface area contributed by atoms with Gasteiger partial charge in [0.1, 0.15) is 5.75 Å². The van der Waals surface area contributed by atoms with Crippen molar-refractivity contribution in [2.24, 2.45) is 5.41 Å². The number of aryl methyl sites for hydroxylation is 2. The number of nitrogens with one attached hydrogen (secondary N) is 1. The second-order valence-corrected chi connectivity index (χ2v) is 10.1. The topological polar surface area (TPSA) is 50.3 Å². The molecule has 1 N–H and O–H groups in total. The average molecular weight is 421 g/mol. The Morgan fingerprint density at radius 1 is 1.13 bits per heavy atom. The Kier molecular flexibility index (Phi) is 5.20. The largest absolute Gasteiger partial charge is 0.497 e. The molecular formula is C26H36N4O. The van der Waals surface area contributed by atoms with Crippen LogP contribution in [0.1, 0.15) is 61.0 Å². The van der Waals surface area contributed by atoms with Crippen molar-refractivity contribution in [1.29, 1.82) is 0 Å². The van der Waals surface area contributed by atoms with Crippen molar-refractivity contribution in [2.75, 3.05) is 32.1 Å². The Hall–Kier alpha value is -2.14. The number of methoxy groups -OCH3 is 1. The molecule has 5 nitrogen and oxygen atoms in total. The monoisotopic (exact) mass is 420 g/mol. The van der Waals surface area contributed by atoms with Crippen molar-refractivity contribution in [2.45, 2.75) is 70.3 Å². The van der Waals surface area contributed by atoms with E-state index in [1.54, 1.807) is 12.7 Å². The lowest BCUT2D eigenvalue weighted by atomic mass is 9.49. The molecule has 2 bridgehead atoms. The maximum Gasteiger partial charge on any atom is 0.225 e. The number of rotatable bonds is 6. The Morgan fingerprint density at radius 2 is 1.94 bits per heavy atom. The van der Waals surface area contributed by atoms with E-state index < -0.39 is 0 Å². The molecule has 3 atom stereocenters. The number of benzene rings is 1. The van der Waals surface area contributed by atoms with E-state index in [0.717, 1.165) is 42.6 Å². The van der Waals surface area contributed by atoms with Gasteiger partial charge in [-0.3, -0.25) is 0 Å². The summed E-state index contributed by atoms with van der Waals surface area (Å²) in [6.45, 7) is 6.24. The van der Waals surface area contributed by atoms with Gasteiger partial charge in [-0.2, -0.15) is 0 Å². The number of nitrogens with zero attached hydrogens (tertiary/aromatic N) is 3. The van der Waals surface area contributed by atoms with Gasteiger partial charge in [0.25, 0.3) is 0 Å². The summed E-state index contributed by atoms with van der Waals surface area (Å²) < 4.78 is 5.64. The van der Waals surface area contributed by atoms with E-state index in [9.17, 15) is 0 Å². The molecule has 1 saturated heterocycles. The van der Waals surface area contributed by atoms with Crippen LogP contribution >= 0.6 is 0 Å². The molecule has 0 spiro atoms. The predicted octanol–water partition coefficient (Wildman–Crippen LogP) is 4.34. The van der Waals surface area contributed by atoms with Crippen LogP contribution in [-0.4, -0.2) is 43.3 Å². The summed E-state index contributed by atoms with van der Waals surface area (Å²) in [7, 11) is 3.93.